The molecule has 1 aliphatic carbocycles. The lowest BCUT2D eigenvalue weighted by molar-refractivity contribution is 0.188. The minimum absolute atomic E-state index is 0.332. The molecule has 1 aromatic carbocycles. The SMILES string of the molecule is Cc1ccc(CC(NN)C2CCC(C(C)C)CC2)c(Cl)c1. The normalized spacial score (nSPS) is 24.3. The second kappa shape index (κ2) is 7.62. The molecule has 3 N–H and O–H groups in total. The number of hydrogen-bond donors (Lipinski definition) is 2. The summed E-state index contributed by atoms with van der Waals surface area (Å²) in [5, 5.41) is 0.867. The minimum Gasteiger partial charge on any atom is -0.271 e. The van der Waals surface area contributed by atoms with E-state index in [4.69, 9.17) is 17.4 Å². The molecule has 1 unspecified atom stereocenters. The molecule has 2 nitrogen and oxygen atoms in total. The molecule has 21 heavy (non-hydrogen) atoms. The maximum absolute atomic E-state index is 6.37. The summed E-state index contributed by atoms with van der Waals surface area (Å²) >= 11 is 6.37. The Morgan fingerprint density at radius 3 is 2.33 bits per heavy atom. The quantitative estimate of drug-likeness (QED) is 0.621. The Balaban J connectivity index is 1.97. The zero-order valence-electron chi connectivity index (χ0n) is 13.5. The highest BCUT2D eigenvalue weighted by Crippen LogP contribution is 2.35. The number of nitrogens with one attached hydrogen (secondary N) is 1. The van der Waals surface area contributed by atoms with Gasteiger partial charge in [0.25, 0.3) is 0 Å². The summed E-state index contributed by atoms with van der Waals surface area (Å²) < 4.78 is 0. The first-order valence-electron chi connectivity index (χ1n) is 8.22. The third-order valence-corrected chi connectivity index (χ3v) is 5.54. The van der Waals surface area contributed by atoms with E-state index in [0.717, 1.165) is 23.3 Å². The van der Waals surface area contributed by atoms with E-state index in [9.17, 15) is 0 Å². The fourth-order valence-electron chi connectivity index (χ4n) is 3.63. The highest BCUT2D eigenvalue weighted by Gasteiger charge is 2.28. The molecule has 2 rings (SSSR count). The van der Waals surface area contributed by atoms with Gasteiger partial charge in [0, 0.05) is 11.1 Å². The first-order chi connectivity index (χ1) is 10.0. The Morgan fingerprint density at radius 1 is 1.19 bits per heavy atom. The van der Waals surface area contributed by atoms with Gasteiger partial charge < -0.3 is 0 Å². The average molecular weight is 309 g/mol. The van der Waals surface area contributed by atoms with Gasteiger partial charge in [-0.3, -0.25) is 11.3 Å². The summed E-state index contributed by atoms with van der Waals surface area (Å²) in [7, 11) is 0. The van der Waals surface area contributed by atoms with Crippen molar-refractivity contribution in [2.45, 2.75) is 58.9 Å². The molecule has 1 atom stereocenters. The summed E-state index contributed by atoms with van der Waals surface area (Å²) in [4.78, 5) is 0. The first-order valence-corrected chi connectivity index (χ1v) is 8.60. The van der Waals surface area contributed by atoms with E-state index in [1.54, 1.807) is 0 Å². The van der Waals surface area contributed by atoms with Gasteiger partial charge in [-0.15, -0.1) is 0 Å². The smallest absolute Gasteiger partial charge is 0.0441 e. The molecule has 1 aliphatic rings. The summed E-state index contributed by atoms with van der Waals surface area (Å²) in [6.07, 6.45) is 6.15. The van der Waals surface area contributed by atoms with E-state index in [0.29, 0.717) is 12.0 Å². The van der Waals surface area contributed by atoms with Gasteiger partial charge in [-0.05, 0) is 74.0 Å². The maximum Gasteiger partial charge on any atom is 0.0441 e. The highest BCUT2D eigenvalue weighted by molar-refractivity contribution is 6.31. The Labute approximate surface area is 134 Å². The van der Waals surface area contributed by atoms with Crippen molar-refractivity contribution in [3.63, 3.8) is 0 Å². The first kappa shape index (κ1) is 16.8. The molecule has 1 fully saturated rings. The lowest BCUT2D eigenvalue weighted by Crippen LogP contribution is -2.44. The fraction of sp³-hybridized carbons (Fsp3) is 0.667. The van der Waals surface area contributed by atoms with E-state index < -0.39 is 0 Å². The predicted octanol–water partition coefficient (Wildman–Crippen LogP) is 4.49. The third-order valence-electron chi connectivity index (χ3n) is 5.19. The second-order valence-corrected chi connectivity index (χ2v) is 7.40. The number of benzene rings is 1. The van der Waals surface area contributed by atoms with Gasteiger partial charge in [0.1, 0.15) is 0 Å². The Bertz CT molecular complexity index is 451. The van der Waals surface area contributed by atoms with Gasteiger partial charge in [-0.1, -0.05) is 37.6 Å². The number of halogens is 1. The molecule has 118 valence electrons. The molecule has 0 aliphatic heterocycles. The Hall–Kier alpha value is -0.570. The van der Waals surface area contributed by atoms with Gasteiger partial charge in [-0.25, -0.2) is 0 Å². The third kappa shape index (κ3) is 4.45. The summed E-state index contributed by atoms with van der Waals surface area (Å²) in [6.45, 7) is 6.76. The zero-order chi connectivity index (χ0) is 15.4. The van der Waals surface area contributed by atoms with Crippen molar-refractivity contribution < 1.29 is 0 Å². The second-order valence-electron chi connectivity index (χ2n) is 6.99. The van der Waals surface area contributed by atoms with Crippen molar-refractivity contribution in [1.29, 1.82) is 0 Å². The molecule has 0 heterocycles. The van der Waals surface area contributed by atoms with Crippen LogP contribution in [-0.2, 0) is 6.42 Å². The van der Waals surface area contributed by atoms with Crippen LogP contribution in [0.2, 0.25) is 5.02 Å². The van der Waals surface area contributed by atoms with Crippen molar-refractivity contribution >= 4 is 11.6 Å². The van der Waals surface area contributed by atoms with Crippen LogP contribution in [-0.4, -0.2) is 6.04 Å². The van der Waals surface area contributed by atoms with Crippen LogP contribution < -0.4 is 11.3 Å². The molecule has 0 saturated heterocycles. The summed E-state index contributed by atoms with van der Waals surface area (Å²) in [5.41, 5.74) is 5.46. The molecule has 0 spiro atoms. The van der Waals surface area contributed by atoms with E-state index in [1.165, 1.54) is 36.8 Å². The van der Waals surface area contributed by atoms with Gasteiger partial charge in [0.15, 0.2) is 0 Å². The van der Waals surface area contributed by atoms with Crippen molar-refractivity contribution in [3.8, 4) is 0 Å². The van der Waals surface area contributed by atoms with E-state index in [1.807, 2.05) is 6.07 Å². The van der Waals surface area contributed by atoms with Gasteiger partial charge in [0.05, 0.1) is 0 Å². The molecule has 1 aromatic rings. The van der Waals surface area contributed by atoms with E-state index >= 15 is 0 Å². The number of nitrogens with two attached hydrogens (primary N) is 1. The Kier molecular flexibility index (Phi) is 6.09. The number of hydrazine groups is 1. The number of rotatable bonds is 5. The maximum atomic E-state index is 6.37. The molecule has 1 saturated carbocycles. The monoisotopic (exact) mass is 308 g/mol. The van der Waals surface area contributed by atoms with Gasteiger partial charge >= 0.3 is 0 Å². The highest BCUT2D eigenvalue weighted by atomic mass is 35.5. The van der Waals surface area contributed by atoms with E-state index in [-0.39, 0.29) is 0 Å². The van der Waals surface area contributed by atoms with Crippen LogP contribution in [0.15, 0.2) is 18.2 Å². The van der Waals surface area contributed by atoms with Crippen LogP contribution in [0.5, 0.6) is 0 Å². The van der Waals surface area contributed by atoms with Crippen LogP contribution in [0.25, 0.3) is 0 Å². The van der Waals surface area contributed by atoms with Crippen LogP contribution in [0, 0.1) is 24.7 Å². The van der Waals surface area contributed by atoms with Crippen molar-refractivity contribution in [2.24, 2.45) is 23.6 Å². The van der Waals surface area contributed by atoms with Crippen molar-refractivity contribution in [1.82, 2.24) is 5.43 Å². The lowest BCUT2D eigenvalue weighted by Gasteiger charge is -2.35. The number of aryl methyl sites for hydroxylation is 1. The van der Waals surface area contributed by atoms with Crippen LogP contribution in [0.3, 0.4) is 0 Å². The standard InChI is InChI=1S/C18H29ClN2/c1-12(2)14-6-8-15(9-7-14)18(21-20)11-16-5-4-13(3)10-17(16)19/h4-5,10,12,14-15,18,21H,6-9,11,20H2,1-3H3. The summed E-state index contributed by atoms with van der Waals surface area (Å²) in [5.74, 6) is 8.20. The molecular formula is C18H29ClN2. The Morgan fingerprint density at radius 2 is 1.81 bits per heavy atom. The van der Waals surface area contributed by atoms with E-state index in [2.05, 4.69) is 38.3 Å². The molecule has 0 bridgehead atoms. The topological polar surface area (TPSA) is 38.0 Å². The van der Waals surface area contributed by atoms with Crippen molar-refractivity contribution in [3.05, 3.63) is 34.3 Å². The molecule has 3 heteroatoms. The molecular weight excluding hydrogens is 280 g/mol. The molecule has 0 aromatic heterocycles. The van der Waals surface area contributed by atoms with Gasteiger partial charge in [-0.2, -0.15) is 0 Å². The molecule has 0 radical (unpaired) electrons. The minimum atomic E-state index is 0.332. The van der Waals surface area contributed by atoms with Crippen LogP contribution in [0.1, 0.15) is 50.7 Å². The van der Waals surface area contributed by atoms with Gasteiger partial charge in [0.2, 0.25) is 0 Å². The largest absolute Gasteiger partial charge is 0.271 e. The number of hydrogen-bond acceptors (Lipinski definition) is 2. The fourth-order valence-corrected chi connectivity index (χ4v) is 3.94. The predicted molar refractivity (Wildman–Crippen MR) is 91.3 cm³/mol. The van der Waals surface area contributed by atoms with Crippen LogP contribution >= 0.6 is 11.6 Å². The lowest BCUT2D eigenvalue weighted by atomic mass is 9.74. The zero-order valence-corrected chi connectivity index (χ0v) is 14.3. The summed E-state index contributed by atoms with van der Waals surface area (Å²) in [6, 6.07) is 6.64. The van der Waals surface area contributed by atoms with Crippen molar-refractivity contribution in [2.75, 3.05) is 0 Å². The van der Waals surface area contributed by atoms with Crippen LogP contribution in [0.4, 0.5) is 0 Å². The average Bonchev–Trinajstić information content (AvgIpc) is 2.47. The molecule has 0 amide bonds.